The van der Waals surface area contributed by atoms with E-state index >= 15 is 0 Å². The predicted molar refractivity (Wildman–Crippen MR) is 87.8 cm³/mol. The summed E-state index contributed by atoms with van der Waals surface area (Å²) in [5, 5.41) is 7.21. The smallest absolute Gasteiger partial charge is 0.271 e. The molecule has 0 aliphatic heterocycles. The van der Waals surface area contributed by atoms with E-state index in [1.165, 1.54) is 0 Å². The molecular formula is C17H19N5O. The van der Waals surface area contributed by atoms with Crippen molar-refractivity contribution in [2.45, 2.75) is 13.0 Å². The second-order valence-corrected chi connectivity index (χ2v) is 5.31. The fourth-order valence-corrected chi connectivity index (χ4v) is 2.43. The molecule has 1 N–H and O–H groups in total. The van der Waals surface area contributed by atoms with Gasteiger partial charge in [-0.3, -0.25) is 9.48 Å². The first kappa shape index (κ1) is 15.0. The topological polar surface area (TPSA) is 64.7 Å². The number of aryl methyl sites for hydroxylation is 2. The lowest BCUT2D eigenvalue weighted by Crippen LogP contribution is -2.25. The third-order valence-electron chi connectivity index (χ3n) is 3.62. The number of hydrogen-bond donors (Lipinski definition) is 1. The van der Waals surface area contributed by atoms with Crippen LogP contribution in [0.4, 0.5) is 0 Å². The predicted octanol–water partition coefficient (Wildman–Crippen LogP) is 2.10. The van der Waals surface area contributed by atoms with Crippen LogP contribution < -0.4 is 5.32 Å². The van der Waals surface area contributed by atoms with Gasteiger partial charge in [0.25, 0.3) is 5.91 Å². The van der Waals surface area contributed by atoms with Gasteiger partial charge >= 0.3 is 0 Å². The Morgan fingerprint density at radius 2 is 2.09 bits per heavy atom. The lowest BCUT2D eigenvalue weighted by Gasteiger charge is -2.03. The Morgan fingerprint density at radius 1 is 1.26 bits per heavy atom. The number of hydrogen-bond acceptors (Lipinski definition) is 3. The molecule has 0 atom stereocenters. The summed E-state index contributed by atoms with van der Waals surface area (Å²) >= 11 is 0. The lowest BCUT2D eigenvalue weighted by molar-refractivity contribution is 0.0947. The van der Waals surface area contributed by atoms with Crippen LogP contribution >= 0.6 is 0 Å². The van der Waals surface area contributed by atoms with E-state index < -0.39 is 0 Å². The van der Waals surface area contributed by atoms with Crippen molar-refractivity contribution in [3.05, 3.63) is 60.8 Å². The van der Waals surface area contributed by atoms with Crippen LogP contribution in [0.1, 0.15) is 16.9 Å². The summed E-state index contributed by atoms with van der Waals surface area (Å²) in [4.78, 5) is 16.2. The van der Waals surface area contributed by atoms with Crippen LogP contribution in [-0.2, 0) is 13.6 Å². The Kier molecular flexibility index (Phi) is 4.52. The van der Waals surface area contributed by atoms with Crippen molar-refractivity contribution in [1.29, 1.82) is 0 Å². The molecule has 0 aliphatic carbocycles. The Bertz CT molecular complexity index is 762. The van der Waals surface area contributed by atoms with Gasteiger partial charge in [0, 0.05) is 32.5 Å². The summed E-state index contributed by atoms with van der Waals surface area (Å²) in [6.45, 7) is 1.44. The Hall–Kier alpha value is -2.89. The molecule has 6 heteroatoms. The maximum absolute atomic E-state index is 12.2. The average Bonchev–Trinajstić information content (AvgIpc) is 3.22. The van der Waals surface area contributed by atoms with Crippen LogP contribution in [0.2, 0.25) is 0 Å². The van der Waals surface area contributed by atoms with Crippen molar-refractivity contribution in [3.63, 3.8) is 0 Å². The quantitative estimate of drug-likeness (QED) is 0.709. The first-order valence-corrected chi connectivity index (χ1v) is 7.57. The number of carbonyl (C=O) groups is 1. The highest BCUT2D eigenvalue weighted by Gasteiger charge is 2.13. The minimum Gasteiger partial charge on any atom is -0.351 e. The van der Waals surface area contributed by atoms with Gasteiger partial charge in [0.05, 0.1) is 12.0 Å². The summed E-state index contributed by atoms with van der Waals surface area (Å²) in [6, 6.07) is 11.7. The van der Waals surface area contributed by atoms with Crippen LogP contribution in [0.5, 0.6) is 0 Å². The van der Waals surface area contributed by atoms with E-state index in [0.29, 0.717) is 12.2 Å². The molecule has 0 saturated heterocycles. The molecular weight excluding hydrogens is 290 g/mol. The lowest BCUT2D eigenvalue weighted by atomic mass is 10.1. The van der Waals surface area contributed by atoms with E-state index in [2.05, 4.69) is 15.4 Å². The Morgan fingerprint density at radius 3 is 2.83 bits per heavy atom. The number of imidazole rings is 1. The van der Waals surface area contributed by atoms with E-state index in [1.807, 2.05) is 54.2 Å². The van der Waals surface area contributed by atoms with Crippen molar-refractivity contribution >= 4 is 5.91 Å². The highest BCUT2D eigenvalue weighted by molar-refractivity contribution is 5.93. The molecule has 6 nitrogen and oxygen atoms in total. The van der Waals surface area contributed by atoms with Gasteiger partial charge in [-0.1, -0.05) is 30.3 Å². The molecule has 0 fully saturated rings. The van der Waals surface area contributed by atoms with Gasteiger partial charge in [0.1, 0.15) is 0 Å². The monoisotopic (exact) mass is 309 g/mol. The molecule has 23 heavy (non-hydrogen) atoms. The number of carbonyl (C=O) groups excluding carboxylic acids is 1. The van der Waals surface area contributed by atoms with E-state index in [4.69, 9.17) is 0 Å². The normalized spacial score (nSPS) is 10.7. The standard InChI is InChI=1S/C17H19N5O/c1-21-16(14-6-3-2-4-7-14)12-15(20-21)17(23)19-8-5-10-22-11-9-18-13-22/h2-4,6-7,9,11-13H,5,8,10H2,1H3,(H,19,23). The molecule has 118 valence electrons. The second-order valence-electron chi connectivity index (χ2n) is 5.31. The third-order valence-corrected chi connectivity index (χ3v) is 3.62. The van der Waals surface area contributed by atoms with E-state index in [9.17, 15) is 4.79 Å². The van der Waals surface area contributed by atoms with Crippen LogP contribution in [0.25, 0.3) is 11.3 Å². The molecule has 2 aromatic heterocycles. The van der Waals surface area contributed by atoms with Crippen LogP contribution in [0, 0.1) is 0 Å². The zero-order valence-electron chi connectivity index (χ0n) is 13.0. The largest absolute Gasteiger partial charge is 0.351 e. The van der Waals surface area contributed by atoms with Crippen molar-refractivity contribution in [2.24, 2.45) is 7.05 Å². The molecule has 3 rings (SSSR count). The van der Waals surface area contributed by atoms with Crippen molar-refractivity contribution < 1.29 is 4.79 Å². The summed E-state index contributed by atoms with van der Waals surface area (Å²) < 4.78 is 3.72. The van der Waals surface area contributed by atoms with Crippen molar-refractivity contribution in [3.8, 4) is 11.3 Å². The number of nitrogens with zero attached hydrogens (tertiary/aromatic N) is 4. The summed E-state index contributed by atoms with van der Waals surface area (Å²) in [7, 11) is 1.85. The summed E-state index contributed by atoms with van der Waals surface area (Å²) in [5.74, 6) is -0.145. The number of rotatable bonds is 6. The second kappa shape index (κ2) is 6.91. The van der Waals surface area contributed by atoms with Gasteiger partial charge < -0.3 is 9.88 Å². The van der Waals surface area contributed by atoms with Gasteiger partial charge in [-0.2, -0.15) is 5.10 Å². The first-order valence-electron chi connectivity index (χ1n) is 7.57. The zero-order valence-corrected chi connectivity index (χ0v) is 13.0. The van der Waals surface area contributed by atoms with Crippen LogP contribution in [0.3, 0.4) is 0 Å². The molecule has 0 radical (unpaired) electrons. The highest BCUT2D eigenvalue weighted by atomic mass is 16.1. The average molecular weight is 309 g/mol. The molecule has 3 aromatic rings. The Balaban J connectivity index is 1.57. The number of aromatic nitrogens is 4. The third kappa shape index (κ3) is 3.66. The highest BCUT2D eigenvalue weighted by Crippen LogP contribution is 2.19. The zero-order chi connectivity index (χ0) is 16.1. The Labute approximate surface area is 134 Å². The fraction of sp³-hybridized carbons (Fsp3) is 0.235. The van der Waals surface area contributed by atoms with E-state index in [1.54, 1.807) is 17.2 Å². The fourth-order valence-electron chi connectivity index (χ4n) is 2.43. The van der Waals surface area contributed by atoms with Crippen LogP contribution in [0.15, 0.2) is 55.1 Å². The van der Waals surface area contributed by atoms with Crippen LogP contribution in [-0.4, -0.2) is 31.8 Å². The minimum absolute atomic E-state index is 0.145. The minimum atomic E-state index is -0.145. The number of nitrogens with one attached hydrogen (secondary N) is 1. The molecule has 0 saturated carbocycles. The van der Waals surface area contributed by atoms with E-state index in [0.717, 1.165) is 24.2 Å². The SMILES string of the molecule is Cn1nc(C(=O)NCCCn2ccnc2)cc1-c1ccccc1. The van der Waals surface area contributed by atoms with E-state index in [-0.39, 0.29) is 5.91 Å². The maximum atomic E-state index is 12.2. The number of amides is 1. The van der Waals surface area contributed by atoms with Crippen molar-refractivity contribution in [1.82, 2.24) is 24.6 Å². The van der Waals surface area contributed by atoms with Gasteiger partial charge in [-0.15, -0.1) is 0 Å². The summed E-state index contributed by atoms with van der Waals surface area (Å²) in [5.41, 5.74) is 2.41. The molecule has 1 aromatic carbocycles. The number of benzene rings is 1. The van der Waals surface area contributed by atoms with Gasteiger partial charge in [-0.25, -0.2) is 4.98 Å². The van der Waals surface area contributed by atoms with Gasteiger partial charge in [-0.05, 0) is 18.1 Å². The van der Waals surface area contributed by atoms with Crippen molar-refractivity contribution in [2.75, 3.05) is 6.54 Å². The molecule has 0 bridgehead atoms. The first-order chi connectivity index (χ1) is 11.2. The molecule has 0 unspecified atom stereocenters. The van der Waals surface area contributed by atoms with Gasteiger partial charge in [0.2, 0.25) is 0 Å². The molecule has 1 amide bonds. The molecule has 0 spiro atoms. The summed E-state index contributed by atoms with van der Waals surface area (Å²) in [6.07, 6.45) is 6.28. The maximum Gasteiger partial charge on any atom is 0.271 e. The molecule has 0 aliphatic rings. The molecule has 2 heterocycles. The van der Waals surface area contributed by atoms with Gasteiger partial charge in [0.15, 0.2) is 5.69 Å².